The van der Waals surface area contributed by atoms with Crippen LogP contribution >= 0.6 is 22.6 Å². The van der Waals surface area contributed by atoms with Crippen LogP contribution in [0.15, 0.2) is 30.3 Å². The number of aromatic nitrogens is 1. The lowest BCUT2D eigenvalue weighted by Crippen LogP contribution is -2.17. The number of rotatable bonds is 4. The number of nitrogens with zero attached hydrogens (tertiary/aromatic N) is 1. The molecule has 0 bridgehead atoms. The molecular weight excluding hydrogens is 464 g/mol. The summed E-state index contributed by atoms with van der Waals surface area (Å²) in [6.45, 7) is 3.41. The van der Waals surface area contributed by atoms with Gasteiger partial charge >= 0.3 is 12.1 Å². The minimum atomic E-state index is -4.51. The zero-order valence-electron chi connectivity index (χ0n) is 13.8. The van der Waals surface area contributed by atoms with E-state index in [9.17, 15) is 22.8 Å². The van der Waals surface area contributed by atoms with E-state index in [2.05, 4.69) is 10.3 Å². The molecule has 9 heteroatoms. The fraction of sp³-hybridized carbons (Fsp3) is 0.235. The van der Waals surface area contributed by atoms with E-state index in [1.165, 1.54) is 25.1 Å². The molecule has 1 aromatic heterocycles. The van der Waals surface area contributed by atoms with Crippen LogP contribution in [0.3, 0.4) is 0 Å². The summed E-state index contributed by atoms with van der Waals surface area (Å²) in [4.78, 5) is 28.1. The first-order chi connectivity index (χ1) is 12.1. The molecule has 0 spiro atoms. The smallest absolute Gasteiger partial charge is 0.416 e. The average molecular weight is 478 g/mol. The Labute approximate surface area is 161 Å². The van der Waals surface area contributed by atoms with Gasteiger partial charge in [-0.15, -0.1) is 0 Å². The van der Waals surface area contributed by atoms with Crippen molar-refractivity contribution in [2.75, 3.05) is 11.9 Å². The Kier molecular flexibility index (Phi) is 6.21. The van der Waals surface area contributed by atoms with Crippen LogP contribution in [0.1, 0.15) is 39.0 Å². The van der Waals surface area contributed by atoms with Crippen LogP contribution in [0.2, 0.25) is 0 Å². The number of carbonyl (C=O) groups is 2. The van der Waals surface area contributed by atoms with Crippen LogP contribution in [0, 0.1) is 10.5 Å². The molecule has 0 atom stereocenters. The van der Waals surface area contributed by atoms with Crippen molar-refractivity contribution >= 4 is 40.2 Å². The number of nitrogens with one attached hydrogen (secondary N) is 1. The SMILES string of the molecule is CCOC(=O)c1ccc(C(=O)Nc2cc(C(F)(F)F)ccc2I)nc1C. The van der Waals surface area contributed by atoms with Gasteiger partial charge in [0.2, 0.25) is 0 Å². The number of hydrogen-bond donors (Lipinski definition) is 1. The molecule has 0 aliphatic rings. The molecule has 5 nitrogen and oxygen atoms in total. The molecule has 0 unspecified atom stereocenters. The summed E-state index contributed by atoms with van der Waals surface area (Å²) >= 11 is 1.82. The van der Waals surface area contributed by atoms with Crippen LogP contribution in [0.5, 0.6) is 0 Å². The van der Waals surface area contributed by atoms with Gasteiger partial charge in [0.15, 0.2) is 0 Å². The Morgan fingerprint density at radius 1 is 1.23 bits per heavy atom. The van der Waals surface area contributed by atoms with Crippen molar-refractivity contribution < 1.29 is 27.5 Å². The fourth-order valence-electron chi connectivity index (χ4n) is 2.10. The third-order valence-electron chi connectivity index (χ3n) is 3.36. The highest BCUT2D eigenvalue weighted by molar-refractivity contribution is 14.1. The van der Waals surface area contributed by atoms with Crippen molar-refractivity contribution in [2.24, 2.45) is 0 Å². The van der Waals surface area contributed by atoms with Crippen molar-refractivity contribution in [2.45, 2.75) is 20.0 Å². The van der Waals surface area contributed by atoms with E-state index in [1.807, 2.05) is 22.6 Å². The number of anilines is 1. The minimum Gasteiger partial charge on any atom is -0.462 e. The molecule has 0 saturated heterocycles. The Morgan fingerprint density at radius 2 is 1.92 bits per heavy atom. The van der Waals surface area contributed by atoms with Crippen LogP contribution < -0.4 is 5.32 Å². The number of aryl methyl sites for hydroxylation is 1. The molecule has 1 N–H and O–H groups in total. The Hall–Kier alpha value is -2.17. The molecule has 2 rings (SSSR count). The number of ether oxygens (including phenoxy) is 1. The topological polar surface area (TPSA) is 68.3 Å². The number of carbonyl (C=O) groups excluding carboxylic acids is 2. The molecule has 1 heterocycles. The van der Waals surface area contributed by atoms with Gasteiger partial charge in [0.1, 0.15) is 5.69 Å². The zero-order valence-corrected chi connectivity index (χ0v) is 15.9. The number of hydrogen-bond acceptors (Lipinski definition) is 4. The van der Waals surface area contributed by atoms with Crippen molar-refractivity contribution in [3.8, 4) is 0 Å². The lowest BCUT2D eigenvalue weighted by molar-refractivity contribution is -0.137. The Morgan fingerprint density at radius 3 is 2.50 bits per heavy atom. The normalized spacial score (nSPS) is 11.2. The Bertz CT molecular complexity index is 854. The lowest BCUT2D eigenvalue weighted by Gasteiger charge is -2.12. The van der Waals surface area contributed by atoms with Gasteiger partial charge in [0.25, 0.3) is 5.91 Å². The highest BCUT2D eigenvalue weighted by Gasteiger charge is 2.31. The van der Waals surface area contributed by atoms with Crippen molar-refractivity contribution in [3.63, 3.8) is 0 Å². The maximum Gasteiger partial charge on any atom is 0.416 e. The maximum absolute atomic E-state index is 12.8. The molecule has 0 radical (unpaired) electrons. The summed E-state index contributed by atoms with van der Waals surface area (Å²) in [5.41, 5.74) is -0.356. The van der Waals surface area contributed by atoms with E-state index in [0.29, 0.717) is 3.57 Å². The van der Waals surface area contributed by atoms with Gasteiger partial charge in [-0.3, -0.25) is 4.79 Å². The van der Waals surface area contributed by atoms with Gasteiger partial charge in [-0.2, -0.15) is 13.2 Å². The van der Waals surface area contributed by atoms with Gasteiger partial charge in [-0.25, -0.2) is 9.78 Å². The van der Waals surface area contributed by atoms with Crippen LogP contribution in [-0.2, 0) is 10.9 Å². The van der Waals surface area contributed by atoms with Crippen molar-refractivity contribution in [1.82, 2.24) is 4.98 Å². The molecular formula is C17H14F3IN2O3. The van der Waals surface area contributed by atoms with E-state index >= 15 is 0 Å². The molecule has 0 aliphatic carbocycles. The second-order valence-electron chi connectivity index (χ2n) is 5.20. The predicted octanol–water partition coefficient (Wildman–Crippen LogP) is 4.44. The van der Waals surface area contributed by atoms with Gasteiger partial charge < -0.3 is 10.1 Å². The quantitative estimate of drug-likeness (QED) is 0.522. The summed E-state index contributed by atoms with van der Waals surface area (Å²) < 4.78 is 43.8. The average Bonchev–Trinajstić information content (AvgIpc) is 2.55. The molecule has 1 aromatic carbocycles. The molecule has 26 heavy (non-hydrogen) atoms. The largest absolute Gasteiger partial charge is 0.462 e. The van der Waals surface area contributed by atoms with Gasteiger partial charge in [0, 0.05) is 3.57 Å². The first kappa shape index (κ1) is 20.1. The number of halogens is 4. The first-order valence-electron chi connectivity index (χ1n) is 7.46. The standard InChI is InChI=1S/C17H14F3IN2O3/c1-3-26-16(25)11-5-7-13(22-9(11)2)15(24)23-14-8-10(17(18,19)20)4-6-12(14)21/h4-8H,3H2,1-2H3,(H,23,24). The first-order valence-corrected chi connectivity index (χ1v) is 8.54. The maximum atomic E-state index is 12.8. The number of pyridine rings is 1. The number of alkyl halides is 3. The van der Waals surface area contributed by atoms with Gasteiger partial charge in [-0.1, -0.05) is 0 Å². The van der Waals surface area contributed by atoms with Crippen LogP contribution in [0.25, 0.3) is 0 Å². The molecule has 0 fully saturated rings. The number of benzene rings is 1. The molecule has 2 aromatic rings. The molecule has 1 amide bonds. The Balaban J connectivity index is 2.26. The van der Waals surface area contributed by atoms with Crippen LogP contribution in [0.4, 0.5) is 18.9 Å². The second kappa shape index (κ2) is 8.02. The van der Waals surface area contributed by atoms with E-state index in [-0.39, 0.29) is 29.2 Å². The summed E-state index contributed by atoms with van der Waals surface area (Å²) in [5.74, 6) is -1.24. The monoisotopic (exact) mass is 478 g/mol. The minimum absolute atomic E-state index is 0.0243. The van der Waals surface area contributed by atoms with Gasteiger partial charge in [-0.05, 0) is 66.8 Å². The summed E-state index contributed by atoms with van der Waals surface area (Å²) in [7, 11) is 0. The van der Waals surface area contributed by atoms with E-state index in [4.69, 9.17) is 4.74 Å². The van der Waals surface area contributed by atoms with E-state index < -0.39 is 23.6 Å². The highest BCUT2D eigenvalue weighted by atomic mass is 127. The van der Waals surface area contributed by atoms with E-state index in [0.717, 1.165) is 12.1 Å². The number of esters is 1. The number of amides is 1. The molecule has 138 valence electrons. The summed E-state index contributed by atoms with van der Waals surface area (Å²) in [5, 5.41) is 2.41. The third-order valence-corrected chi connectivity index (χ3v) is 4.30. The van der Waals surface area contributed by atoms with Crippen LogP contribution in [-0.4, -0.2) is 23.5 Å². The van der Waals surface area contributed by atoms with E-state index in [1.54, 1.807) is 6.92 Å². The molecule has 0 saturated carbocycles. The lowest BCUT2D eigenvalue weighted by atomic mass is 10.1. The predicted molar refractivity (Wildman–Crippen MR) is 97.0 cm³/mol. The summed E-state index contributed by atoms with van der Waals surface area (Å²) in [6, 6.07) is 5.77. The zero-order chi connectivity index (χ0) is 19.5. The van der Waals surface area contributed by atoms with Crippen molar-refractivity contribution in [1.29, 1.82) is 0 Å². The fourth-order valence-corrected chi connectivity index (χ4v) is 2.57. The third kappa shape index (κ3) is 4.71. The highest BCUT2D eigenvalue weighted by Crippen LogP contribution is 2.32. The molecule has 0 aliphatic heterocycles. The summed E-state index contributed by atoms with van der Waals surface area (Å²) in [6.07, 6.45) is -4.51. The second-order valence-corrected chi connectivity index (χ2v) is 6.36. The van der Waals surface area contributed by atoms with Crippen molar-refractivity contribution in [3.05, 3.63) is 56.4 Å². The van der Waals surface area contributed by atoms with Gasteiger partial charge in [0.05, 0.1) is 29.1 Å².